The number of nitriles is 1. The van der Waals surface area contributed by atoms with Gasteiger partial charge in [0.15, 0.2) is 0 Å². The van der Waals surface area contributed by atoms with E-state index in [1.165, 1.54) is 17.8 Å². The van der Waals surface area contributed by atoms with Crippen molar-refractivity contribution in [2.75, 3.05) is 7.11 Å². The van der Waals surface area contributed by atoms with E-state index in [1.807, 2.05) is 18.2 Å². The molecule has 3 aromatic rings. The summed E-state index contributed by atoms with van der Waals surface area (Å²) in [6.07, 6.45) is 1.41. The Morgan fingerprint density at radius 1 is 1.19 bits per heavy atom. The number of benzene rings is 2. The van der Waals surface area contributed by atoms with Gasteiger partial charge in [-0.2, -0.15) is 5.26 Å². The number of nitrogens with zero attached hydrogens (tertiary/aromatic N) is 2. The third-order valence-electron chi connectivity index (χ3n) is 3.91. The molecule has 0 radical (unpaired) electrons. The Balaban J connectivity index is 2.39. The predicted molar refractivity (Wildman–Crippen MR) is 103 cm³/mol. The molecule has 130 valence electrons. The average Bonchev–Trinajstić information content (AvgIpc) is 2.91. The number of halogens is 2. The molecule has 0 spiro atoms. The fraction of sp³-hybridized carbons (Fsp3) is 0.0526. The average molecular weight is 386 g/mol. The molecule has 1 aromatic heterocycles. The van der Waals surface area contributed by atoms with E-state index in [1.54, 1.807) is 30.3 Å². The van der Waals surface area contributed by atoms with Crippen LogP contribution >= 0.6 is 23.2 Å². The number of aromatic nitrogens is 1. The van der Waals surface area contributed by atoms with E-state index < -0.39 is 0 Å². The Labute approximate surface area is 159 Å². The van der Waals surface area contributed by atoms with Crippen LogP contribution in [0.3, 0.4) is 0 Å². The van der Waals surface area contributed by atoms with Crippen LogP contribution in [0, 0.1) is 16.7 Å². The summed E-state index contributed by atoms with van der Waals surface area (Å²) in [5, 5.41) is 29.3. The smallest absolute Gasteiger partial charge is 0.223 e. The zero-order chi connectivity index (χ0) is 18.8. The first kappa shape index (κ1) is 17.9. The summed E-state index contributed by atoms with van der Waals surface area (Å²) in [6.45, 7) is 0. The first-order valence-corrected chi connectivity index (χ1v) is 8.26. The molecule has 1 heterocycles. The van der Waals surface area contributed by atoms with Crippen molar-refractivity contribution >= 4 is 46.1 Å². The standard InChI is InChI=1S/C19H13Cl2N3O2/c1-26-18(23)11(10-22)9-13-12-5-2-3-8-16(12)24(19(13)25)17-14(20)6-4-7-15(17)21/h2-9,23,25H,1H3. The van der Waals surface area contributed by atoms with Gasteiger partial charge in [0.25, 0.3) is 0 Å². The maximum atomic E-state index is 10.9. The zero-order valence-electron chi connectivity index (χ0n) is 13.6. The summed E-state index contributed by atoms with van der Waals surface area (Å²) < 4.78 is 6.34. The molecular weight excluding hydrogens is 373 g/mol. The van der Waals surface area contributed by atoms with E-state index in [9.17, 15) is 10.4 Å². The van der Waals surface area contributed by atoms with Crippen molar-refractivity contribution in [3.05, 3.63) is 63.6 Å². The first-order valence-electron chi connectivity index (χ1n) is 7.51. The van der Waals surface area contributed by atoms with E-state index in [2.05, 4.69) is 0 Å². The minimum atomic E-state index is -0.292. The molecule has 2 N–H and O–H groups in total. The number of ether oxygens (including phenoxy) is 1. The van der Waals surface area contributed by atoms with Crippen LogP contribution in [-0.2, 0) is 4.74 Å². The highest BCUT2D eigenvalue weighted by Gasteiger charge is 2.21. The summed E-state index contributed by atoms with van der Waals surface area (Å²) in [7, 11) is 1.31. The summed E-state index contributed by atoms with van der Waals surface area (Å²) >= 11 is 12.6. The third kappa shape index (κ3) is 2.90. The van der Waals surface area contributed by atoms with Crippen LogP contribution in [0.2, 0.25) is 10.0 Å². The van der Waals surface area contributed by atoms with Gasteiger partial charge in [-0.15, -0.1) is 0 Å². The van der Waals surface area contributed by atoms with Gasteiger partial charge in [-0.25, -0.2) is 0 Å². The van der Waals surface area contributed by atoms with Gasteiger partial charge < -0.3 is 9.84 Å². The van der Waals surface area contributed by atoms with Crippen LogP contribution < -0.4 is 0 Å². The Morgan fingerprint density at radius 3 is 2.46 bits per heavy atom. The molecule has 5 nitrogen and oxygen atoms in total. The molecule has 0 atom stereocenters. The van der Waals surface area contributed by atoms with Gasteiger partial charge in [0.05, 0.1) is 28.4 Å². The summed E-state index contributed by atoms with van der Waals surface area (Å²) in [5.74, 6) is -0.433. The van der Waals surface area contributed by atoms with E-state index in [0.717, 1.165) is 0 Å². The number of methoxy groups -OCH3 is 1. The lowest BCUT2D eigenvalue weighted by Gasteiger charge is -2.11. The SMILES string of the molecule is COC(=N)C(C#N)=Cc1c(O)n(-c2c(Cl)cccc2Cl)c2ccccc12. The molecule has 0 aliphatic rings. The topological polar surface area (TPSA) is 82.0 Å². The van der Waals surface area contributed by atoms with Crippen molar-refractivity contribution in [2.45, 2.75) is 0 Å². The predicted octanol–water partition coefficient (Wildman–Crippen LogP) is 5.17. The van der Waals surface area contributed by atoms with Gasteiger partial charge in [-0.1, -0.05) is 47.5 Å². The molecule has 0 fully saturated rings. The number of nitrogens with one attached hydrogen (secondary N) is 1. The van der Waals surface area contributed by atoms with Crippen LogP contribution in [-0.4, -0.2) is 22.7 Å². The first-order chi connectivity index (χ1) is 12.5. The molecule has 0 unspecified atom stereocenters. The van der Waals surface area contributed by atoms with Crippen molar-refractivity contribution in [3.8, 4) is 17.6 Å². The lowest BCUT2D eigenvalue weighted by Crippen LogP contribution is -2.01. The largest absolute Gasteiger partial charge is 0.494 e. The molecule has 7 heteroatoms. The fourth-order valence-corrected chi connectivity index (χ4v) is 3.29. The quantitative estimate of drug-likeness (QED) is 0.370. The third-order valence-corrected chi connectivity index (χ3v) is 4.52. The fourth-order valence-electron chi connectivity index (χ4n) is 2.73. The van der Waals surface area contributed by atoms with E-state index >= 15 is 0 Å². The molecule has 0 saturated heterocycles. The summed E-state index contributed by atoms with van der Waals surface area (Å²) in [4.78, 5) is 0. The van der Waals surface area contributed by atoms with Crippen LogP contribution in [0.4, 0.5) is 0 Å². The van der Waals surface area contributed by atoms with Gasteiger partial charge in [-0.3, -0.25) is 9.98 Å². The second kappa shape index (κ2) is 7.12. The Hall–Kier alpha value is -2.94. The maximum absolute atomic E-state index is 10.9. The Bertz CT molecular complexity index is 1070. The maximum Gasteiger partial charge on any atom is 0.223 e. The second-order valence-corrected chi connectivity index (χ2v) is 6.18. The van der Waals surface area contributed by atoms with Crippen LogP contribution in [0.25, 0.3) is 22.7 Å². The number of rotatable bonds is 3. The minimum absolute atomic E-state index is 0.0176. The molecule has 0 amide bonds. The van der Waals surface area contributed by atoms with E-state index in [0.29, 0.717) is 32.2 Å². The van der Waals surface area contributed by atoms with Gasteiger partial charge in [0.2, 0.25) is 11.8 Å². The number of fused-ring (bicyclic) bond motifs is 1. The zero-order valence-corrected chi connectivity index (χ0v) is 15.1. The number of aromatic hydroxyl groups is 1. The molecule has 2 aromatic carbocycles. The second-order valence-electron chi connectivity index (χ2n) is 5.36. The minimum Gasteiger partial charge on any atom is -0.494 e. The van der Waals surface area contributed by atoms with Gasteiger partial charge >= 0.3 is 0 Å². The molecular formula is C19H13Cl2N3O2. The lowest BCUT2D eigenvalue weighted by atomic mass is 10.1. The highest BCUT2D eigenvalue weighted by molar-refractivity contribution is 6.38. The Morgan fingerprint density at radius 2 is 1.85 bits per heavy atom. The molecule has 0 aliphatic carbocycles. The van der Waals surface area contributed by atoms with Crippen molar-refractivity contribution in [1.82, 2.24) is 4.57 Å². The van der Waals surface area contributed by atoms with Crippen LogP contribution in [0.5, 0.6) is 5.88 Å². The molecule has 3 rings (SSSR count). The highest BCUT2D eigenvalue weighted by atomic mass is 35.5. The number of hydrogen-bond donors (Lipinski definition) is 2. The summed E-state index contributed by atoms with van der Waals surface area (Å²) in [5.41, 5.74) is 1.45. The van der Waals surface area contributed by atoms with Crippen LogP contribution in [0.1, 0.15) is 5.56 Å². The molecule has 0 saturated carbocycles. The Kier molecular flexibility index (Phi) is 4.90. The molecule has 0 bridgehead atoms. The van der Waals surface area contributed by atoms with Crippen molar-refractivity contribution in [1.29, 1.82) is 10.7 Å². The van der Waals surface area contributed by atoms with Crippen LogP contribution in [0.15, 0.2) is 48.0 Å². The molecule has 26 heavy (non-hydrogen) atoms. The van der Waals surface area contributed by atoms with Gasteiger partial charge in [-0.05, 0) is 24.3 Å². The van der Waals surface area contributed by atoms with Crippen molar-refractivity contribution in [3.63, 3.8) is 0 Å². The molecule has 0 aliphatic heterocycles. The lowest BCUT2D eigenvalue weighted by molar-refractivity contribution is 0.401. The van der Waals surface area contributed by atoms with E-state index in [-0.39, 0.29) is 17.4 Å². The van der Waals surface area contributed by atoms with E-state index in [4.69, 9.17) is 33.3 Å². The van der Waals surface area contributed by atoms with Gasteiger partial charge in [0, 0.05) is 10.9 Å². The van der Waals surface area contributed by atoms with Gasteiger partial charge in [0.1, 0.15) is 11.6 Å². The number of para-hydroxylation sites is 2. The normalized spacial score (nSPS) is 11.4. The number of hydrogen-bond acceptors (Lipinski definition) is 4. The van der Waals surface area contributed by atoms with Crippen molar-refractivity contribution in [2.24, 2.45) is 0 Å². The van der Waals surface area contributed by atoms with Crippen molar-refractivity contribution < 1.29 is 9.84 Å². The summed E-state index contributed by atoms with van der Waals surface area (Å²) in [6, 6.07) is 14.2. The monoisotopic (exact) mass is 385 g/mol. The highest BCUT2D eigenvalue weighted by Crippen LogP contribution is 2.40.